The molecular formula is C26H27N3O3S. The number of carbonyl (C=O) groups is 2. The topological polar surface area (TPSA) is 81.1 Å². The van der Waals surface area contributed by atoms with Gasteiger partial charge in [0.2, 0.25) is 5.91 Å². The number of carbonyl (C=O) groups excluding carboxylic acids is 2. The van der Waals surface area contributed by atoms with Gasteiger partial charge in [0.05, 0.1) is 10.2 Å². The molecule has 6 nitrogen and oxygen atoms in total. The van der Waals surface area contributed by atoms with E-state index in [9.17, 15) is 14.4 Å². The number of amides is 1. The van der Waals surface area contributed by atoms with Crippen molar-refractivity contribution in [3.05, 3.63) is 97.7 Å². The number of ketones is 1. The van der Waals surface area contributed by atoms with E-state index >= 15 is 0 Å². The molecule has 2 heterocycles. The lowest BCUT2D eigenvalue weighted by molar-refractivity contribution is -0.121. The fraction of sp³-hybridized carbons (Fsp3) is 0.231. The van der Waals surface area contributed by atoms with Crippen molar-refractivity contribution in [2.75, 3.05) is 6.54 Å². The molecule has 3 rings (SSSR count). The molecule has 33 heavy (non-hydrogen) atoms. The number of hydrogen-bond donors (Lipinski definition) is 1. The summed E-state index contributed by atoms with van der Waals surface area (Å²) in [6, 6.07) is 12.8. The van der Waals surface area contributed by atoms with Crippen LogP contribution in [0.4, 0.5) is 0 Å². The van der Waals surface area contributed by atoms with Gasteiger partial charge >= 0.3 is 0 Å². The summed E-state index contributed by atoms with van der Waals surface area (Å²) in [5.41, 5.74) is 1.89. The van der Waals surface area contributed by atoms with Crippen LogP contribution in [0.25, 0.3) is 12.2 Å². The van der Waals surface area contributed by atoms with Gasteiger partial charge in [0, 0.05) is 24.4 Å². The van der Waals surface area contributed by atoms with Crippen molar-refractivity contribution in [3.63, 3.8) is 0 Å². The predicted molar refractivity (Wildman–Crippen MR) is 133 cm³/mol. The van der Waals surface area contributed by atoms with Crippen LogP contribution < -0.4 is 20.1 Å². The molecule has 3 aromatic rings. The Morgan fingerprint density at radius 3 is 2.48 bits per heavy atom. The summed E-state index contributed by atoms with van der Waals surface area (Å²) in [4.78, 5) is 42.5. The van der Waals surface area contributed by atoms with Gasteiger partial charge in [-0.25, -0.2) is 0 Å². The van der Waals surface area contributed by atoms with Crippen molar-refractivity contribution in [1.29, 1.82) is 0 Å². The van der Waals surface area contributed by atoms with E-state index in [1.807, 2.05) is 18.2 Å². The molecule has 0 radical (unpaired) electrons. The highest BCUT2D eigenvalue weighted by atomic mass is 32.1. The molecule has 0 spiro atoms. The SMILES string of the molecule is C=CCNC(=O)Cn1c(=O)/c(=C\c2ccccn2)s/c1=C\C(=O)c1ccc(C(C)(C)C)cc1. The Bertz CT molecular complexity index is 1330. The van der Waals surface area contributed by atoms with Crippen LogP contribution in [0.1, 0.15) is 42.4 Å². The van der Waals surface area contributed by atoms with Crippen LogP contribution in [0.5, 0.6) is 0 Å². The summed E-state index contributed by atoms with van der Waals surface area (Å²) in [5, 5.41) is 2.67. The van der Waals surface area contributed by atoms with Crippen molar-refractivity contribution in [2.45, 2.75) is 32.7 Å². The van der Waals surface area contributed by atoms with Crippen LogP contribution in [0.15, 0.2) is 66.1 Å². The van der Waals surface area contributed by atoms with Gasteiger partial charge < -0.3 is 5.32 Å². The Hall–Kier alpha value is -3.58. The molecule has 170 valence electrons. The third-order valence-electron chi connectivity index (χ3n) is 4.94. The molecule has 2 aromatic heterocycles. The first-order valence-corrected chi connectivity index (χ1v) is 11.4. The first-order chi connectivity index (χ1) is 15.7. The minimum absolute atomic E-state index is 0.0193. The van der Waals surface area contributed by atoms with Gasteiger partial charge in [-0.1, -0.05) is 57.2 Å². The molecule has 0 aliphatic heterocycles. The number of nitrogens with zero attached hydrogens (tertiary/aromatic N) is 2. The van der Waals surface area contributed by atoms with Crippen molar-refractivity contribution in [2.24, 2.45) is 0 Å². The number of aromatic nitrogens is 2. The number of rotatable bonds is 7. The third kappa shape index (κ3) is 6.23. The van der Waals surface area contributed by atoms with E-state index in [2.05, 4.69) is 37.7 Å². The molecule has 0 saturated carbocycles. The summed E-state index contributed by atoms with van der Waals surface area (Å²) in [5.74, 6) is -0.572. The number of nitrogens with one attached hydrogen (secondary N) is 1. The average Bonchev–Trinajstić information content (AvgIpc) is 3.06. The van der Waals surface area contributed by atoms with Crippen molar-refractivity contribution >= 4 is 35.2 Å². The highest BCUT2D eigenvalue weighted by molar-refractivity contribution is 7.07. The zero-order valence-electron chi connectivity index (χ0n) is 19.0. The molecule has 0 aliphatic rings. The third-order valence-corrected chi connectivity index (χ3v) is 6.00. The van der Waals surface area contributed by atoms with E-state index in [-0.39, 0.29) is 29.2 Å². The lowest BCUT2D eigenvalue weighted by Crippen LogP contribution is -2.38. The highest BCUT2D eigenvalue weighted by Gasteiger charge is 2.15. The van der Waals surface area contributed by atoms with E-state index in [0.717, 1.165) is 16.9 Å². The fourth-order valence-electron chi connectivity index (χ4n) is 3.10. The predicted octanol–water partition coefficient (Wildman–Crippen LogP) is 2.40. The smallest absolute Gasteiger partial charge is 0.269 e. The zero-order valence-corrected chi connectivity index (χ0v) is 19.8. The Morgan fingerprint density at radius 2 is 1.88 bits per heavy atom. The maximum Gasteiger partial charge on any atom is 0.269 e. The minimum atomic E-state index is -0.346. The lowest BCUT2D eigenvalue weighted by Gasteiger charge is -2.18. The second-order valence-electron chi connectivity index (χ2n) is 8.52. The second kappa shape index (κ2) is 10.4. The summed E-state index contributed by atoms with van der Waals surface area (Å²) < 4.78 is 2.12. The van der Waals surface area contributed by atoms with Crippen molar-refractivity contribution < 1.29 is 9.59 Å². The molecule has 7 heteroatoms. The summed E-state index contributed by atoms with van der Waals surface area (Å²) in [7, 11) is 0. The maximum atomic E-state index is 13.1. The Balaban J connectivity index is 2.05. The summed E-state index contributed by atoms with van der Waals surface area (Å²) >= 11 is 1.16. The average molecular weight is 462 g/mol. The Labute approximate surface area is 196 Å². The summed E-state index contributed by atoms with van der Waals surface area (Å²) in [6.07, 6.45) is 6.27. The lowest BCUT2D eigenvalue weighted by atomic mass is 9.86. The Kier molecular flexibility index (Phi) is 7.55. The largest absolute Gasteiger partial charge is 0.351 e. The van der Waals surface area contributed by atoms with E-state index in [0.29, 0.717) is 27.0 Å². The van der Waals surface area contributed by atoms with E-state index in [4.69, 9.17) is 0 Å². The molecule has 0 atom stereocenters. The van der Waals surface area contributed by atoms with Crippen LogP contribution in [0, 0.1) is 0 Å². The molecule has 1 amide bonds. The van der Waals surface area contributed by atoms with Gasteiger partial charge in [0.15, 0.2) is 5.78 Å². The molecule has 1 N–H and O–H groups in total. The minimum Gasteiger partial charge on any atom is -0.351 e. The quantitative estimate of drug-likeness (QED) is 0.433. The molecule has 0 fully saturated rings. The summed E-state index contributed by atoms with van der Waals surface area (Å²) in [6.45, 7) is 10.0. The van der Waals surface area contributed by atoms with Gasteiger partial charge in [-0.2, -0.15) is 0 Å². The van der Waals surface area contributed by atoms with Crippen LogP contribution in [-0.4, -0.2) is 27.8 Å². The van der Waals surface area contributed by atoms with Gasteiger partial charge in [0.25, 0.3) is 5.56 Å². The van der Waals surface area contributed by atoms with Crippen molar-refractivity contribution in [3.8, 4) is 0 Å². The monoisotopic (exact) mass is 461 g/mol. The van der Waals surface area contributed by atoms with Crippen LogP contribution >= 0.6 is 11.3 Å². The number of Topliss-reactive ketones (excluding diaryl/α,β-unsaturated/α-hetero) is 1. The molecule has 0 unspecified atom stereocenters. The van der Waals surface area contributed by atoms with E-state index < -0.39 is 0 Å². The van der Waals surface area contributed by atoms with Crippen LogP contribution in [0.3, 0.4) is 0 Å². The normalized spacial score (nSPS) is 12.6. The molecule has 0 bridgehead atoms. The first kappa shape index (κ1) is 24.1. The van der Waals surface area contributed by atoms with Crippen LogP contribution in [0.2, 0.25) is 0 Å². The molecule has 1 aromatic carbocycles. The number of benzene rings is 1. The van der Waals surface area contributed by atoms with Crippen molar-refractivity contribution in [1.82, 2.24) is 14.9 Å². The maximum absolute atomic E-state index is 13.1. The second-order valence-corrected chi connectivity index (χ2v) is 9.59. The van der Waals surface area contributed by atoms with Gasteiger partial charge in [-0.3, -0.25) is 23.9 Å². The van der Waals surface area contributed by atoms with Gasteiger partial charge in [-0.15, -0.1) is 17.9 Å². The number of pyridine rings is 1. The molecule has 0 aliphatic carbocycles. The van der Waals surface area contributed by atoms with E-state index in [1.165, 1.54) is 10.6 Å². The standard InChI is InChI=1S/C26H27N3O3S/c1-5-13-28-23(31)17-29-24(33-22(25(29)32)15-20-8-6-7-14-27-20)16-21(30)18-9-11-19(12-10-18)26(2,3)4/h5-12,14-16H,1,13,17H2,2-4H3,(H,28,31)/b22-15+,24-16-. The van der Waals surface area contributed by atoms with Crippen LogP contribution in [-0.2, 0) is 16.8 Å². The molecule has 0 saturated heterocycles. The highest BCUT2D eigenvalue weighted by Crippen LogP contribution is 2.22. The first-order valence-electron chi connectivity index (χ1n) is 10.6. The molecular weight excluding hydrogens is 434 g/mol. The van der Waals surface area contributed by atoms with E-state index in [1.54, 1.807) is 42.6 Å². The Morgan fingerprint density at radius 1 is 1.15 bits per heavy atom. The van der Waals surface area contributed by atoms with Gasteiger partial charge in [0.1, 0.15) is 11.2 Å². The fourth-order valence-corrected chi connectivity index (χ4v) is 4.13. The zero-order chi connectivity index (χ0) is 24.0. The van der Waals surface area contributed by atoms with Gasteiger partial charge in [-0.05, 0) is 29.2 Å². The number of hydrogen-bond acceptors (Lipinski definition) is 5. The number of thiazole rings is 1.